The van der Waals surface area contributed by atoms with Crippen LogP contribution in [0, 0.1) is 0 Å². The lowest BCUT2D eigenvalue weighted by Crippen LogP contribution is -1.97. The maximum absolute atomic E-state index is 5.75. The van der Waals surface area contributed by atoms with E-state index in [-0.39, 0.29) is 0 Å². The van der Waals surface area contributed by atoms with Gasteiger partial charge in [0.2, 0.25) is 0 Å². The van der Waals surface area contributed by atoms with E-state index in [4.69, 9.17) is 10.5 Å². The number of halogens is 1. The van der Waals surface area contributed by atoms with Crippen molar-refractivity contribution in [2.45, 2.75) is 13.5 Å². The van der Waals surface area contributed by atoms with Crippen molar-refractivity contribution >= 4 is 21.6 Å². The van der Waals surface area contributed by atoms with Gasteiger partial charge in [-0.2, -0.15) is 0 Å². The van der Waals surface area contributed by atoms with E-state index in [0.29, 0.717) is 6.61 Å². The molecule has 2 N–H and O–H groups in total. The minimum Gasteiger partial charge on any atom is -0.398 e. The van der Waals surface area contributed by atoms with Crippen LogP contribution in [-0.4, -0.2) is 6.61 Å². The van der Waals surface area contributed by atoms with Gasteiger partial charge in [-0.15, -0.1) is 0 Å². The maximum atomic E-state index is 5.75. The Morgan fingerprint density at radius 1 is 1.50 bits per heavy atom. The summed E-state index contributed by atoms with van der Waals surface area (Å²) in [5.41, 5.74) is 7.57. The van der Waals surface area contributed by atoms with Crippen LogP contribution < -0.4 is 5.73 Å². The molecule has 0 bridgehead atoms. The smallest absolute Gasteiger partial charge is 0.0736 e. The second-order valence-corrected chi connectivity index (χ2v) is 3.40. The second kappa shape index (κ2) is 4.48. The zero-order chi connectivity index (χ0) is 8.97. The number of rotatable bonds is 3. The van der Waals surface area contributed by atoms with Gasteiger partial charge in [-0.25, -0.2) is 0 Å². The van der Waals surface area contributed by atoms with E-state index in [0.717, 1.165) is 22.3 Å². The van der Waals surface area contributed by atoms with Crippen LogP contribution in [0.1, 0.15) is 12.5 Å². The fraction of sp³-hybridized carbons (Fsp3) is 0.333. The third kappa shape index (κ3) is 2.50. The number of hydrogen-bond acceptors (Lipinski definition) is 2. The summed E-state index contributed by atoms with van der Waals surface area (Å²) in [5.74, 6) is 0. The van der Waals surface area contributed by atoms with E-state index in [9.17, 15) is 0 Å². The quantitative estimate of drug-likeness (QED) is 0.810. The van der Waals surface area contributed by atoms with E-state index < -0.39 is 0 Å². The fourth-order valence-electron chi connectivity index (χ4n) is 0.909. The Labute approximate surface area is 80.8 Å². The Hall–Kier alpha value is -0.540. The first-order valence-corrected chi connectivity index (χ1v) is 4.65. The fourth-order valence-corrected chi connectivity index (χ4v) is 1.29. The number of benzene rings is 1. The van der Waals surface area contributed by atoms with Crippen LogP contribution in [-0.2, 0) is 11.3 Å². The average molecular weight is 230 g/mol. The normalized spacial score (nSPS) is 10.2. The van der Waals surface area contributed by atoms with Gasteiger partial charge >= 0.3 is 0 Å². The highest BCUT2D eigenvalue weighted by atomic mass is 79.9. The molecule has 0 saturated heterocycles. The molecule has 0 spiro atoms. The minimum absolute atomic E-state index is 0.593. The van der Waals surface area contributed by atoms with E-state index in [1.165, 1.54) is 0 Å². The number of nitrogens with two attached hydrogens (primary N) is 1. The number of anilines is 1. The summed E-state index contributed by atoms with van der Waals surface area (Å²) in [5, 5.41) is 0. The van der Waals surface area contributed by atoms with Gasteiger partial charge in [0, 0.05) is 22.3 Å². The first-order chi connectivity index (χ1) is 5.74. The van der Waals surface area contributed by atoms with Crippen LogP contribution in [0.25, 0.3) is 0 Å². The third-order valence-corrected chi connectivity index (χ3v) is 2.06. The van der Waals surface area contributed by atoms with Crippen LogP contribution in [0.2, 0.25) is 0 Å². The average Bonchev–Trinajstić information content (AvgIpc) is 2.03. The van der Waals surface area contributed by atoms with Crippen LogP contribution in [0.3, 0.4) is 0 Å². The highest BCUT2D eigenvalue weighted by Gasteiger charge is 1.98. The van der Waals surface area contributed by atoms with Gasteiger partial charge in [-0.1, -0.05) is 22.0 Å². The summed E-state index contributed by atoms with van der Waals surface area (Å²) in [6.45, 7) is 3.28. The largest absolute Gasteiger partial charge is 0.398 e. The summed E-state index contributed by atoms with van der Waals surface area (Å²) in [7, 11) is 0. The van der Waals surface area contributed by atoms with Gasteiger partial charge in [-0.05, 0) is 19.1 Å². The van der Waals surface area contributed by atoms with Crippen LogP contribution in [0.4, 0.5) is 5.69 Å². The molecule has 0 aliphatic heterocycles. The first kappa shape index (κ1) is 9.55. The van der Waals surface area contributed by atoms with E-state index in [1.807, 2.05) is 25.1 Å². The molecule has 0 radical (unpaired) electrons. The lowest BCUT2D eigenvalue weighted by molar-refractivity contribution is 0.134. The molecule has 0 saturated carbocycles. The summed E-state index contributed by atoms with van der Waals surface area (Å²) >= 11 is 3.34. The highest BCUT2D eigenvalue weighted by Crippen LogP contribution is 2.18. The van der Waals surface area contributed by atoms with Crippen molar-refractivity contribution < 1.29 is 4.74 Å². The molecule has 1 aromatic rings. The molecule has 0 aliphatic rings. The standard InChI is InChI=1S/C9H12BrNO/c1-2-12-6-7-3-4-8(10)5-9(7)11/h3-5H,2,6,11H2,1H3. The molecule has 1 aromatic carbocycles. The Morgan fingerprint density at radius 3 is 2.83 bits per heavy atom. The molecule has 3 heteroatoms. The summed E-state index contributed by atoms with van der Waals surface area (Å²) in [6, 6.07) is 5.81. The SMILES string of the molecule is CCOCc1ccc(Br)cc1N. The van der Waals surface area contributed by atoms with E-state index >= 15 is 0 Å². The maximum Gasteiger partial charge on any atom is 0.0736 e. The third-order valence-electron chi connectivity index (χ3n) is 1.57. The molecule has 0 atom stereocenters. The van der Waals surface area contributed by atoms with Gasteiger partial charge in [0.15, 0.2) is 0 Å². The van der Waals surface area contributed by atoms with Crippen LogP contribution in [0.5, 0.6) is 0 Å². The van der Waals surface area contributed by atoms with Gasteiger partial charge in [0.25, 0.3) is 0 Å². The molecule has 12 heavy (non-hydrogen) atoms. The number of hydrogen-bond donors (Lipinski definition) is 1. The molecular weight excluding hydrogens is 218 g/mol. The molecule has 1 rings (SSSR count). The Kier molecular flexibility index (Phi) is 3.56. The zero-order valence-corrected chi connectivity index (χ0v) is 8.60. The van der Waals surface area contributed by atoms with Gasteiger partial charge in [-0.3, -0.25) is 0 Å². The van der Waals surface area contributed by atoms with Crippen molar-refractivity contribution in [2.24, 2.45) is 0 Å². The summed E-state index contributed by atoms with van der Waals surface area (Å²) in [6.07, 6.45) is 0. The van der Waals surface area contributed by atoms with Crippen molar-refractivity contribution in [3.63, 3.8) is 0 Å². The van der Waals surface area contributed by atoms with Crippen LogP contribution in [0.15, 0.2) is 22.7 Å². The molecule has 2 nitrogen and oxygen atoms in total. The van der Waals surface area contributed by atoms with Gasteiger partial charge in [0.05, 0.1) is 6.61 Å². The lowest BCUT2D eigenvalue weighted by atomic mass is 10.2. The first-order valence-electron chi connectivity index (χ1n) is 3.85. The number of nitrogen functional groups attached to an aromatic ring is 1. The van der Waals surface area contributed by atoms with E-state index in [1.54, 1.807) is 0 Å². The predicted molar refractivity (Wildman–Crippen MR) is 53.9 cm³/mol. The van der Waals surface area contributed by atoms with Crippen LogP contribution >= 0.6 is 15.9 Å². The second-order valence-electron chi connectivity index (χ2n) is 2.48. The molecular formula is C9H12BrNO. The Bertz CT molecular complexity index is 263. The van der Waals surface area contributed by atoms with Crippen molar-refractivity contribution in [1.82, 2.24) is 0 Å². The highest BCUT2D eigenvalue weighted by molar-refractivity contribution is 9.10. The summed E-state index contributed by atoms with van der Waals surface area (Å²) < 4.78 is 6.25. The van der Waals surface area contributed by atoms with Gasteiger partial charge in [0.1, 0.15) is 0 Å². The molecule has 0 heterocycles. The molecule has 0 aliphatic carbocycles. The topological polar surface area (TPSA) is 35.2 Å². The monoisotopic (exact) mass is 229 g/mol. The zero-order valence-electron chi connectivity index (χ0n) is 7.01. The lowest BCUT2D eigenvalue weighted by Gasteiger charge is -2.05. The van der Waals surface area contributed by atoms with Crippen molar-refractivity contribution in [3.05, 3.63) is 28.2 Å². The van der Waals surface area contributed by atoms with Crippen molar-refractivity contribution in [2.75, 3.05) is 12.3 Å². The van der Waals surface area contributed by atoms with Crippen molar-refractivity contribution in [1.29, 1.82) is 0 Å². The minimum atomic E-state index is 0.593. The van der Waals surface area contributed by atoms with E-state index in [2.05, 4.69) is 15.9 Å². The van der Waals surface area contributed by atoms with Gasteiger partial charge < -0.3 is 10.5 Å². The summed E-state index contributed by atoms with van der Waals surface area (Å²) in [4.78, 5) is 0. The molecule has 0 fully saturated rings. The molecule has 0 amide bonds. The van der Waals surface area contributed by atoms with Crippen molar-refractivity contribution in [3.8, 4) is 0 Å². The number of ether oxygens (including phenoxy) is 1. The Balaban J connectivity index is 2.72. The molecule has 66 valence electrons. The molecule has 0 unspecified atom stereocenters. The predicted octanol–water partition coefficient (Wildman–Crippen LogP) is 2.57. The molecule has 0 aromatic heterocycles. The Morgan fingerprint density at radius 2 is 2.25 bits per heavy atom.